The molecule has 0 aromatic heterocycles. The van der Waals surface area contributed by atoms with E-state index in [0.29, 0.717) is 44.6 Å². The van der Waals surface area contributed by atoms with Crippen LogP contribution in [-0.2, 0) is 28.7 Å². The molecule has 12 nitrogen and oxygen atoms in total. The molecule has 1 unspecified atom stereocenters. The molecule has 6 N–H and O–H groups in total. The van der Waals surface area contributed by atoms with E-state index >= 15 is 0 Å². The van der Waals surface area contributed by atoms with E-state index in [0.717, 1.165) is 12.0 Å². The van der Waals surface area contributed by atoms with Crippen molar-refractivity contribution in [3.63, 3.8) is 0 Å². The van der Waals surface area contributed by atoms with Gasteiger partial charge in [0.05, 0.1) is 13.2 Å². The lowest BCUT2D eigenvalue weighted by atomic mass is 10.1. The number of amides is 4. The van der Waals surface area contributed by atoms with Crippen LogP contribution in [-0.4, -0.2) is 79.8 Å². The summed E-state index contributed by atoms with van der Waals surface area (Å²) in [5.41, 5.74) is 6.85. The Kier molecular flexibility index (Phi) is 16.0. The number of carbonyl (C=O) groups is 5. The van der Waals surface area contributed by atoms with Gasteiger partial charge in [0.2, 0.25) is 17.7 Å². The maximum Gasteiger partial charge on any atom is 0.326 e. The summed E-state index contributed by atoms with van der Waals surface area (Å²) >= 11 is 0. The number of carboxylic acids is 1. The average Bonchev–Trinajstić information content (AvgIpc) is 2.87. The summed E-state index contributed by atoms with van der Waals surface area (Å²) in [6.07, 6.45) is 2.04. The highest BCUT2D eigenvalue weighted by atomic mass is 16.5. The van der Waals surface area contributed by atoms with Crippen molar-refractivity contribution < 1.29 is 38.6 Å². The monoisotopic (exact) mass is 536 g/mol. The van der Waals surface area contributed by atoms with Gasteiger partial charge in [0, 0.05) is 25.1 Å². The van der Waals surface area contributed by atoms with E-state index in [9.17, 15) is 29.1 Å². The van der Waals surface area contributed by atoms with Crippen molar-refractivity contribution in [2.75, 3.05) is 33.0 Å². The number of primary amides is 1. The third-order valence-electron chi connectivity index (χ3n) is 5.45. The number of ether oxygens (including phenoxy) is 2. The number of hydrogen-bond donors (Lipinski definition) is 5. The van der Waals surface area contributed by atoms with E-state index in [4.69, 9.17) is 15.2 Å². The number of nitrogens with one attached hydrogen (secondary N) is 3. The lowest BCUT2D eigenvalue weighted by Gasteiger charge is -2.16. The van der Waals surface area contributed by atoms with Gasteiger partial charge >= 0.3 is 5.97 Å². The second-order valence-corrected chi connectivity index (χ2v) is 8.80. The number of unbranched alkanes of at least 4 members (excludes halogenated alkanes) is 1. The van der Waals surface area contributed by atoms with E-state index < -0.39 is 35.8 Å². The van der Waals surface area contributed by atoms with Gasteiger partial charge in [-0.3, -0.25) is 19.2 Å². The minimum atomic E-state index is -1.25. The fourth-order valence-corrected chi connectivity index (χ4v) is 3.32. The molecule has 0 spiro atoms. The fraction of sp³-hybridized carbons (Fsp3) is 0.577. The number of benzene rings is 1. The highest BCUT2D eigenvalue weighted by Crippen LogP contribution is 2.06. The lowest BCUT2D eigenvalue weighted by molar-refractivity contribution is -0.143. The summed E-state index contributed by atoms with van der Waals surface area (Å²) in [6.45, 7) is 5.02. The second kappa shape index (κ2) is 18.7. The maximum absolute atomic E-state index is 12.3. The van der Waals surface area contributed by atoms with E-state index in [1.54, 1.807) is 24.3 Å². The highest BCUT2D eigenvalue weighted by molar-refractivity contribution is 5.97. The molecule has 212 valence electrons. The van der Waals surface area contributed by atoms with Crippen LogP contribution < -0.4 is 21.7 Å². The average molecular weight is 537 g/mol. The standard InChI is InChI=1S/C26H40N4O8/c1-3-14-37-15-16-38-17-23(32)29-21(26(35)36)11-12-22(31)28-13-5-4-6-20(24(27)33)30-25(34)19-9-7-18(2)8-10-19/h7-10,20-21H,3-6,11-17H2,1-2H3,(H2,27,33)(H,28,31)(H,29,32)(H,30,34)(H,35,36)/t20?,21-/m0/s1. The minimum Gasteiger partial charge on any atom is -0.480 e. The summed E-state index contributed by atoms with van der Waals surface area (Å²) in [6, 6.07) is 4.86. The molecule has 1 rings (SSSR count). The van der Waals surface area contributed by atoms with Crippen molar-refractivity contribution in [2.45, 2.75) is 64.5 Å². The molecule has 0 bridgehead atoms. The molecule has 1 aromatic rings. The number of carbonyl (C=O) groups excluding carboxylic acids is 4. The van der Waals surface area contributed by atoms with Gasteiger partial charge in [-0.05, 0) is 51.2 Å². The molecule has 1 aromatic carbocycles. The van der Waals surface area contributed by atoms with Crippen molar-refractivity contribution in [3.05, 3.63) is 35.4 Å². The van der Waals surface area contributed by atoms with Crippen molar-refractivity contribution in [2.24, 2.45) is 5.73 Å². The van der Waals surface area contributed by atoms with Crippen LogP contribution >= 0.6 is 0 Å². The number of carboxylic acid groups (broad SMARTS) is 1. The quantitative estimate of drug-likeness (QED) is 0.150. The van der Waals surface area contributed by atoms with Crippen LogP contribution in [0.2, 0.25) is 0 Å². The molecule has 0 fully saturated rings. The molecule has 0 radical (unpaired) electrons. The van der Waals surface area contributed by atoms with Gasteiger partial charge in [-0.25, -0.2) is 4.79 Å². The Morgan fingerprint density at radius 3 is 2.21 bits per heavy atom. The smallest absolute Gasteiger partial charge is 0.326 e. The van der Waals surface area contributed by atoms with Gasteiger partial charge in [-0.1, -0.05) is 24.6 Å². The summed E-state index contributed by atoms with van der Waals surface area (Å²) in [4.78, 5) is 59.5. The van der Waals surface area contributed by atoms with Crippen molar-refractivity contribution in [3.8, 4) is 0 Å². The normalized spacial score (nSPS) is 12.3. The van der Waals surface area contributed by atoms with Crippen LogP contribution in [0.25, 0.3) is 0 Å². The summed E-state index contributed by atoms with van der Waals surface area (Å²) in [5, 5.41) is 17.0. The number of aliphatic carboxylic acids is 1. The number of nitrogens with two attached hydrogens (primary N) is 1. The Bertz CT molecular complexity index is 907. The van der Waals surface area contributed by atoms with Crippen LogP contribution in [0.15, 0.2) is 24.3 Å². The van der Waals surface area contributed by atoms with E-state index in [1.807, 2.05) is 13.8 Å². The Morgan fingerprint density at radius 2 is 1.58 bits per heavy atom. The van der Waals surface area contributed by atoms with Crippen LogP contribution in [0, 0.1) is 6.92 Å². The molecule has 0 saturated carbocycles. The zero-order valence-corrected chi connectivity index (χ0v) is 22.1. The molecule has 0 aliphatic heterocycles. The molecular formula is C26H40N4O8. The SMILES string of the molecule is CCCOCCOCC(=O)N[C@@H](CCC(=O)NCCCCC(NC(=O)c1ccc(C)cc1)C(N)=O)C(=O)O. The zero-order chi connectivity index (χ0) is 28.3. The summed E-state index contributed by atoms with van der Waals surface area (Å²) in [5.74, 6) is -3.25. The molecule has 38 heavy (non-hydrogen) atoms. The first-order chi connectivity index (χ1) is 18.1. The first-order valence-corrected chi connectivity index (χ1v) is 12.7. The van der Waals surface area contributed by atoms with Gasteiger partial charge in [-0.2, -0.15) is 0 Å². The first-order valence-electron chi connectivity index (χ1n) is 12.7. The topological polar surface area (TPSA) is 186 Å². The van der Waals surface area contributed by atoms with Crippen LogP contribution in [0.3, 0.4) is 0 Å². The number of hydrogen-bond acceptors (Lipinski definition) is 7. The first kappa shape index (κ1) is 32.5. The molecular weight excluding hydrogens is 496 g/mol. The third-order valence-corrected chi connectivity index (χ3v) is 5.45. The van der Waals surface area contributed by atoms with Crippen molar-refractivity contribution >= 4 is 29.6 Å². The second-order valence-electron chi connectivity index (χ2n) is 8.80. The van der Waals surface area contributed by atoms with Crippen molar-refractivity contribution in [1.29, 1.82) is 0 Å². The number of rotatable bonds is 20. The minimum absolute atomic E-state index is 0.0820. The van der Waals surface area contributed by atoms with Crippen LogP contribution in [0.5, 0.6) is 0 Å². The zero-order valence-electron chi connectivity index (χ0n) is 22.1. The molecule has 0 aliphatic rings. The molecule has 4 amide bonds. The van der Waals surface area contributed by atoms with E-state index in [1.165, 1.54) is 0 Å². The van der Waals surface area contributed by atoms with Crippen LogP contribution in [0.4, 0.5) is 0 Å². The lowest BCUT2D eigenvalue weighted by Crippen LogP contribution is -2.44. The molecule has 12 heteroatoms. The molecule has 0 heterocycles. The number of aryl methyl sites for hydroxylation is 1. The van der Waals surface area contributed by atoms with E-state index in [-0.39, 0.29) is 32.0 Å². The third kappa shape index (κ3) is 14.3. The molecule has 0 aliphatic carbocycles. The Balaban J connectivity index is 2.28. The van der Waals surface area contributed by atoms with Gasteiger partial charge in [-0.15, -0.1) is 0 Å². The molecule has 2 atom stereocenters. The summed E-state index contributed by atoms with van der Waals surface area (Å²) in [7, 11) is 0. The Morgan fingerprint density at radius 1 is 0.895 bits per heavy atom. The van der Waals surface area contributed by atoms with E-state index in [2.05, 4.69) is 16.0 Å². The predicted molar refractivity (Wildman–Crippen MR) is 139 cm³/mol. The highest BCUT2D eigenvalue weighted by Gasteiger charge is 2.21. The summed E-state index contributed by atoms with van der Waals surface area (Å²) < 4.78 is 10.4. The van der Waals surface area contributed by atoms with Gasteiger partial charge < -0.3 is 36.3 Å². The fourth-order valence-electron chi connectivity index (χ4n) is 3.32. The van der Waals surface area contributed by atoms with Gasteiger partial charge in [0.1, 0.15) is 18.7 Å². The predicted octanol–water partition coefficient (Wildman–Crippen LogP) is 0.658. The van der Waals surface area contributed by atoms with Crippen LogP contribution in [0.1, 0.15) is 61.4 Å². The largest absolute Gasteiger partial charge is 0.480 e. The van der Waals surface area contributed by atoms with Gasteiger partial charge in [0.15, 0.2) is 0 Å². The maximum atomic E-state index is 12.3. The molecule has 0 saturated heterocycles. The Hall–Kier alpha value is -3.51. The Labute approximate surface area is 223 Å². The van der Waals surface area contributed by atoms with Crippen molar-refractivity contribution in [1.82, 2.24) is 16.0 Å². The van der Waals surface area contributed by atoms with Gasteiger partial charge in [0.25, 0.3) is 5.91 Å².